The number of nitrogens with two attached hydrogens (primary N) is 1. The van der Waals surface area contributed by atoms with Crippen molar-refractivity contribution in [1.29, 1.82) is 0 Å². The quantitative estimate of drug-likeness (QED) is 0.769. The van der Waals surface area contributed by atoms with Crippen LogP contribution in [0, 0.1) is 6.92 Å². The van der Waals surface area contributed by atoms with Gasteiger partial charge < -0.3 is 11.1 Å². The summed E-state index contributed by atoms with van der Waals surface area (Å²) in [6.07, 6.45) is 1.88. The molecule has 0 spiro atoms. The highest BCUT2D eigenvalue weighted by Crippen LogP contribution is 2.07. The summed E-state index contributed by atoms with van der Waals surface area (Å²) in [4.78, 5) is 8.64. The maximum atomic E-state index is 5.67. The van der Waals surface area contributed by atoms with Gasteiger partial charge in [-0.05, 0) is 26.7 Å². The SMILES string of the molecule is CCc1cc(NCCC(C)N)nc(C)n1. The lowest BCUT2D eigenvalue weighted by molar-refractivity contribution is 0.689. The van der Waals surface area contributed by atoms with Gasteiger partial charge in [0, 0.05) is 24.3 Å². The molecule has 1 unspecified atom stereocenters. The largest absolute Gasteiger partial charge is 0.370 e. The molecule has 0 fully saturated rings. The van der Waals surface area contributed by atoms with Crippen molar-refractivity contribution in [2.24, 2.45) is 5.73 Å². The molecule has 0 aliphatic carbocycles. The second kappa shape index (κ2) is 5.66. The maximum absolute atomic E-state index is 5.67. The second-order valence-electron chi connectivity index (χ2n) is 3.84. The minimum Gasteiger partial charge on any atom is -0.370 e. The van der Waals surface area contributed by atoms with E-state index in [0.717, 1.165) is 36.7 Å². The third-order valence-electron chi connectivity index (χ3n) is 2.16. The van der Waals surface area contributed by atoms with Gasteiger partial charge in [-0.3, -0.25) is 0 Å². The summed E-state index contributed by atoms with van der Waals surface area (Å²) in [7, 11) is 0. The lowest BCUT2D eigenvalue weighted by Gasteiger charge is -2.09. The molecule has 0 saturated carbocycles. The molecule has 3 N–H and O–H groups in total. The Labute approximate surface area is 91.3 Å². The van der Waals surface area contributed by atoms with Crippen LogP contribution in [0.4, 0.5) is 5.82 Å². The number of hydrogen-bond donors (Lipinski definition) is 2. The number of hydrogen-bond acceptors (Lipinski definition) is 4. The van der Waals surface area contributed by atoms with Crippen molar-refractivity contribution in [1.82, 2.24) is 9.97 Å². The van der Waals surface area contributed by atoms with Crippen LogP contribution in [0.5, 0.6) is 0 Å². The van der Waals surface area contributed by atoms with E-state index < -0.39 is 0 Å². The van der Waals surface area contributed by atoms with Crippen molar-refractivity contribution in [2.45, 2.75) is 39.7 Å². The van der Waals surface area contributed by atoms with Gasteiger partial charge in [0.2, 0.25) is 0 Å². The maximum Gasteiger partial charge on any atom is 0.129 e. The molecular formula is C11H20N4. The Hall–Kier alpha value is -1.16. The lowest BCUT2D eigenvalue weighted by atomic mass is 10.2. The van der Waals surface area contributed by atoms with Gasteiger partial charge in [0.25, 0.3) is 0 Å². The van der Waals surface area contributed by atoms with E-state index in [2.05, 4.69) is 22.2 Å². The van der Waals surface area contributed by atoms with E-state index >= 15 is 0 Å². The van der Waals surface area contributed by atoms with Crippen molar-refractivity contribution >= 4 is 5.82 Å². The number of nitrogens with one attached hydrogen (secondary N) is 1. The van der Waals surface area contributed by atoms with Gasteiger partial charge in [-0.15, -0.1) is 0 Å². The molecule has 0 aromatic carbocycles. The van der Waals surface area contributed by atoms with Gasteiger partial charge in [0.15, 0.2) is 0 Å². The number of nitrogens with zero attached hydrogens (tertiary/aromatic N) is 2. The minimum atomic E-state index is 0.228. The molecule has 1 atom stereocenters. The average molecular weight is 208 g/mol. The molecule has 4 nitrogen and oxygen atoms in total. The zero-order chi connectivity index (χ0) is 11.3. The number of aryl methyl sites for hydroxylation is 2. The average Bonchev–Trinajstić information content (AvgIpc) is 2.16. The summed E-state index contributed by atoms with van der Waals surface area (Å²) < 4.78 is 0. The summed E-state index contributed by atoms with van der Waals surface area (Å²) in [6.45, 7) is 6.87. The molecule has 0 radical (unpaired) electrons. The predicted molar refractivity (Wildman–Crippen MR) is 62.9 cm³/mol. The molecule has 1 rings (SSSR count). The third kappa shape index (κ3) is 4.25. The number of aromatic nitrogens is 2. The van der Waals surface area contributed by atoms with Crippen LogP contribution >= 0.6 is 0 Å². The Bertz CT molecular complexity index is 309. The van der Waals surface area contributed by atoms with E-state index in [-0.39, 0.29) is 6.04 Å². The highest BCUT2D eigenvalue weighted by molar-refractivity contribution is 5.35. The Kier molecular flexibility index (Phi) is 4.49. The van der Waals surface area contributed by atoms with Gasteiger partial charge in [0.05, 0.1) is 0 Å². The first-order valence-electron chi connectivity index (χ1n) is 5.45. The molecule has 0 aliphatic heterocycles. The van der Waals surface area contributed by atoms with Crippen molar-refractivity contribution in [3.63, 3.8) is 0 Å². The highest BCUT2D eigenvalue weighted by atomic mass is 15.0. The van der Waals surface area contributed by atoms with Crippen LogP contribution in [0.2, 0.25) is 0 Å². The highest BCUT2D eigenvalue weighted by Gasteiger charge is 2.00. The Morgan fingerprint density at radius 1 is 1.47 bits per heavy atom. The molecule has 0 bridgehead atoms. The standard InChI is InChI=1S/C11H20N4/c1-4-10-7-11(15-9(3)14-10)13-6-5-8(2)12/h7-8H,4-6,12H2,1-3H3,(H,13,14,15). The van der Waals surface area contributed by atoms with Crippen molar-refractivity contribution in [3.8, 4) is 0 Å². The van der Waals surface area contributed by atoms with Crippen LogP contribution in [0.25, 0.3) is 0 Å². The van der Waals surface area contributed by atoms with Crippen molar-refractivity contribution in [2.75, 3.05) is 11.9 Å². The van der Waals surface area contributed by atoms with E-state index in [4.69, 9.17) is 5.73 Å². The molecule has 4 heteroatoms. The van der Waals surface area contributed by atoms with Crippen LogP contribution in [0.1, 0.15) is 31.8 Å². The van der Waals surface area contributed by atoms with Crippen LogP contribution in [0.3, 0.4) is 0 Å². The summed E-state index contributed by atoms with van der Waals surface area (Å²) in [5.74, 6) is 1.72. The van der Waals surface area contributed by atoms with Gasteiger partial charge in [-0.25, -0.2) is 9.97 Å². The van der Waals surface area contributed by atoms with Crippen LogP contribution in [0.15, 0.2) is 6.07 Å². The summed E-state index contributed by atoms with van der Waals surface area (Å²) in [6, 6.07) is 2.22. The number of anilines is 1. The fraction of sp³-hybridized carbons (Fsp3) is 0.636. The van der Waals surface area contributed by atoms with Crippen molar-refractivity contribution in [3.05, 3.63) is 17.6 Å². The van der Waals surface area contributed by atoms with Gasteiger partial charge in [-0.1, -0.05) is 6.92 Å². The zero-order valence-electron chi connectivity index (χ0n) is 9.75. The van der Waals surface area contributed by atoms with E-state index in [0.29, 0.717) is 0 Å². The lowest BCUT2D eigenvalue weighted by Crippen LogP contribution is -2.19. The summed E-state index contributed by atoms with van der Waals surface area (Å²) in [5.41, 5.74) is 6.74. The molecule has 1 aromatic heterocycles. The zero-order valence-corrected chi connectivity index (χ0v) is 9.75. The monoisotopic (exact) mass is 208 g/mol. The van der Waals surface area contributed by atoms with Gasteiger partial charge in [0.1, 0.15) is 11.6 Å². The Morgan fingerprint density at radius 2 is 2.20 bits per heavy atom. The normalized spacial score (nSPS) is 12.5. The first-order valence-corrected chi connectivity index (χ1v) is 5.45. The Morgan fingerprint density at radius 3 is 2.80 bits per heavy atom. The molecule has 1 aromatic rings. The van der Waals surface area contributed by atoms with Gasteiger partial charge in [-0.2, -0.15) is 0 Å². The second-order valence-corrected chi connectivity index (χ2v) is 3.84. The smallest absolute Gasteiger partial charge is 0.129 e. The summed E-state index contributed by atoms with van der Waals surface area (Å²) >= 11 is 0. The van der Waals surface area contributed by atoms with Gasteiger partial charge >= 0.3 is 0 Å². The summed E-state index contributed by atoms with van der Waals surface area (Å²) in [5, 5.41) is 3.26. The van der Waals surface area contributed by atoms with E-state index in [1.807, 2.05) is 19.9 Å². The molecule has 0 amide bonds. The third-order valence-corrected chi connectivity index (χ3v) is 2.16. The molecule has 0 aliphatic rings. The molecule has 1 heterocycles. The minimum absolute atomic E-state index is 0.228. The molecule has 84 valence electrons. The van der Waals surface area contributed by atoms with Crippen molar-refractivity contribution < 1.29 is 0 Å². The fourth-order valence-electron chi connectivity index (χ4n) is 1.33. The number of rotatable bonds is 5. The molecule has 15 heavy (non-hydrogen) atoms. The first kappa shape index (κ1) is 11.9. The van der Waals surface area contributed by atoms with E-state index in [9.17, 15) is 0 Å². The van der Waals surface area contributed by atoms with Crippen LogP contribution in [-0.4, -0.2) is 22.6 Å². The van der Waals surface area contributed by atoms with Crippen LogP contribution < -0.4 is 11.1 Å². The fourth-order valence-corrected chi connectivity index (χ4v) is 1.33. The van der Waals surface area contributed by atoms with E-state index in [1.54, 1.807) is 0 Å². The topological polar surface area (TPSA) is 63.8 Å². The molecular weight excluding hydrogens is 188 g/mol. The molecule has 0 saturated heterocycles. The van der Waals surface area contributed by atoms with Crippen LogP contribution in [-0.2, 0) is 6.42 Å². The Balaban J connectivity index is 2.56. The predicted octanol–water partition coefficient (Wildman–Crippen LogP) is 1.50. The first-order chi connectivity index (χ1) is 7.11. The van der Waals surface area contributed by atoms with E-state index in [1.165, 1.54) is 0 Å².